The quantitative estimate of drug-likeness (QED) is 0.646. The van der Waals surface area contributed by atoms with E-state index in [4.69, 9.17) is 9.84 Å². The van der Waals surface area contributed by atoms with Gasteiger partial charge < -0.3 is 9.84 Å². The molecule has 92 valence electrons. The molecule has 5 heteroatoms. The maximum atomic E-state index is 11.5. The van der Waals surface area contributed by atoms with Gasteiger partial charge >= 0.3 is 11.9 Å². The van der Waals surface area contributed by atoms with Crippen molar-refractivity contribution < 1.29 is 19.4 Å². The van der Waals surface area contributed by atoms with Gasteiger partial charge in [-0.3, -0.25) is 0 Å². The summed E-state index contributed by atoms with van der Waals surface area (Å²) in [7, 11) is 0. The number of hydrogen-bond acceptors (Lipinski definition) is 4. The minimum absolute atomic E-state index is 0.0121. The van der Waals surface area contributed by atoms with Crippen molar-refractivity contribution in [3.63, 3.8) is 0 Å². The summed E-state index contributed by atoms with van der Waals surface area (Å²) in [5, 5.41) is 9.06. The molecule has 0 saturated carbocycles. The molecule has 4 nitrogen and oxygen atoms in total. The molecule has 0 aromatic heterocycles. The lowest BCUT2D eigenvalue weighted by Gasteiger charge is -2.07. The average Bonchev–Trinajstić information content (AvgIpc) is 2.29. The van der Waals surface area contributed by atoms with Crippen molar-refractivity contribution in [2.45, 2.75) is 18.7 Å². The van der Waals surface area contributed by atoms with Gasteiger partial charge in [0, 0.05) is 4.90 Å². The van der Waals surface area contributed by atoms with E-state index in [1.54, 1.807) is 13.0 Å². The van der Waals surface area contributed by atoms with Gasteiger partial charge in [-0.1, -0.05) is 6.92 Å². The highest BCUT2D eigenvalue weighted by Crippen LogP contribution is 2.22. The van der Waals surface area contributed by atoms with Crippen LogP contribution >= 0.6 is 11.8 Å². The van der Waals surface area contributed by atoms with Crippen LogP contribution in [0.1, 0.15) is 34.6 Å². The second kappa shape index (κ2) is 6.30. The van der Waals surface area contributed by atoms with Crippen LogP contribution in [-0.2, 0) is 4.74 Å². The Hall–Kier alpha value is -1.49. The first-order valence-corrected chi connectivity index (χ1v) is 6.26. The third-order valence-corrected chi connectivity index (χ3v) is 2.90. The summed E-state index contributed by atoms with van der Waals surface area (Å²) in [4.78, 5) is 23.4. The van der Waals surface area contributed by atoms with Crippen LogP contribution in [0.15, 0.2) is 23.1 Å². The topological polar surface area (TPSA) is 63.6 Å². The Kier molecular flexibility index (Phi) is 5.03. The van der Waals surface area contributed by atoms with E-state index < -0.39 is 11.9 Å². The van der Waals surface area contributed by atoms with E-state index in [1.807, 2.05) is 6.92 Å². The molecule has 0 aliphatic carbocycles. The van der Waals surface area contributed by atoms with Crippen molar-refractivity contribution in [1.82, 2.24) is 0 Å². The molecule has 0 heterocycles. The number of carboxylic acid groups (broad SMARTS) is 1. The van der Waals surface area contributed by atoms with Crippen LogP contribution in [0, 0.1) is 0 Å². The van der Waals surface area contributed by atoms with Gasteiger partial charge in [0.25, 0.3) is 0 Å². The predicted octanol–water partition coefficient (Wildman–Crippen LogP) is 2.67. The highest BCUT2D eigenvalue weighted by atomic mass is 32.2. The molecule has 0 radical (unpaired) electrons. The first kappa shape index (κ1) is 13.6. The van der Waals surface area contributed by atoms with Crippen molar-refractivity contribution in [2.75, 3.05) is 12.4 Å². The van der Waals surface area contributed by atoms with Gasteiger partial charge in [-0.2, -0.15) is 0 Å². The zero-order valence-electron chi connectivity index (χ0n) is 9.73. The molecule has 1 aromatic carbocycles. The Morgan fingerprint density at radius 1 is 1.29 bits per heavy atom. The summed E-state index contributed by atoms with van der Waals surface area (Å²) in [6.45, 7) is 3.88. The fourth-order valence-electron chi connectivity index (χ4n) is 1.34. The van der Waals surface area contributed by atoms with Gasteiger partial charge in [-0.15, -0.1) is 11.8 Å². The van der Waals surface area contributed by atoms with E-state index >= 15 is 0 Å². The van der Waals surface area contributed by atoms with Gasteiger partial charge in [0.15, 0.2) is 0 Å². The highest BCUT2D eigenvalue weighted by molar-refractivity contribution is 7.99. The van der Waals surface area contributed by atoms with E-state index in [-0.39, 0.29) is 17.7 Å². The summed E-state index contributed by atoms with van der Waals surface area (Å²) in [6, 6.07) is 4.73. The monoisotopic (exact) mass is 254 g/mol. The zero-order valence-corrected chi connectivity index (χ0v) is 10.5. The molecule has 0 saturated heterocycles. The number of hydrogen-bond donors (Lipinski definition) is 1. The number of ether oxygens (including phenoxy) is 1. The summed E-state index contributed by atoms with van der Waals surface area (Å²) in [5.74, 6) is -0.873. The van der Waals surface area contributed by atoms with Gasteiger partial charge in [-0.25, -0.2) is 9.59 Å². The fraction of sp³-hybridized carbons (Fsp3) is 0.333. The molecule has 1 N–H and O–H groups in total. The van der Waals surface area contributed by atoms with Crippen molar-refractivity contribution >= 4 is 23.7 Å². The van der Waals surface area contributed by atoms with E-state index in [0.29, 0.717) is 0 Å². The normalized spacial score (nSPS) is 10.0. The van der Waals surface area contributed by atoms with Crippen molar-refractivity contribution in [3.8, 4) is 0 Å². The number of thioether (sulfide) groups is 1. The smallest absolute Gasteiger partial charge is 0.338 e. The molecule has 17 heavy (non-hydrogen) atoms. The Labute approximate surface area is 104 Å². The number of rotatable bonds is 5. The number of benzene rings is 1. The Bertz CT molecular complexity index is 429. The van der Waals surface area contributed by atoms with Gasteiger partial charge in [0.1, 0.15) is 0 Å². The van der Waals surface area contributed by atoms with Crippen LogP contribution in [0.25, 0.3) is 0 Å². The lowest BCUT2D eigenvalue weighted by atomic mass is 10.1. The molecule has 0 bridgehead atoms. The molecular weight excluding hydrogens is 240 g/mol. The summed E-state index contributed by atoms with van der Waals surface area (Å²) < 4.78 is 4.81. The minimum atomic E-state index is -1.12. The van der Waals surface area contributed by atoms with Crippen LogP contribution in [0.4, 0.5) is 0 Å². The summed E-state index contributed by atoms with van der Waals surface area (Å²) in [6.07, 6.45) is 0. The Balaban J connectivity index is 3.12. The third kappa shape index (κ3) is 3.49. The number of carbonyl (C=O) groups excluding carboxylic acids is 1. The third-order valence-electron chi connectivity index (χ3n) is 2.03. The molecule has 0 amide bonds. The molecule has 1 aromatic rings. The largest absolute Gasteiger partial charge is 0.478 e. The Morgan fingerprint density at radius 2 is 2.00 bits per heavy atom. The van der Waals surface area contributed by atoms with E-state index in [0.717, 1.165) is 10.6 Å². The fourth-order valence-corrected chi connectivity index (χ4v) is 2.04. The number of aromatic carboxylic acids is 1. The van der Waals surface area contributed by atoms with Crippen LogP contribution in [0.5, 0.6) is 0 Å². The molecule has 0 aliphatic heterocycles. The van der Waals surface area contributed by atoms with Crippen molar-refractivity contribution in [3.05, 3.63) is 29.3 Å². The Morgan fingerprint density at radius 3 is 2.53 bits per heavy atom. The van der Waals surface area contributed by atoms with Crippen molar-refractivity contribution in [1.29, 1.82) is 0 Å². The first-order chi connectivity index (χ1) is 8.10. The van der Waals surface area contributed by atoms with Crippen LogP contribution in [-0.4, -0.2) is 29.4 Å². The second-order valence-corrected chi connectivity index (χ2v) is 4.50. The van der Waals surface area contributed by atoms with Gasteiger partial charge in [0.2, 0.25) is 0 Å². The van der Waals surface area contributed by atoms with Crippen LogP contribution in [0.2, 0.25) is 0 Å². The molecule has 0 aliphatic rings. The van der Waals surface area contributed by atoms with Crippen LogP contribution in [0.3, 0.4) is 0 Å². The summed E-state index contributed by atoms with van der Waals surface area (Å²) in [5.41, 5.74) is 0.0849. The second-order valence-electron chi connectivity index (χ2n) is 3.17. The van der Waals surface area contributed by atoms with E-state index in [9.17, 15) is 9.59 Å². The average molecular weight is 254 g/mol. The van der Waals surface area contributed by atoms with E-state index in [2.05, 4.69) is 0 Å². The molecule has 0 unspecified atom stereocenters. The SMILES string of the molecule is CCOC(=O)c1ccc(SCC)cc1C(=O)O. The van der Waals surface area contributed by atoms with E-state index in [1.165, 1.54) is 23.9 Å². The number of esters is 1. The first-order valence-electron chi connectivity index (χ1n) is 5.27. The summed E-state index contributed by atoms with van der Waals surface area (Å²) >= 11 is 1.53. The van der Waals surface area contributed by atoms with Crippen LogP contribution < -0.4 is 0 Å². The number of carbonyl (C=O) groups is 2. The lowest BCUT2D eigenvalue weighted by Crippen LogP contribution is -2.11. The predicted molar refractivity (Wildman–Crippen MR) is 65.8 cm³/mol. The highest BCUT2D eigenvalue weighted by Gasteiger charge is 2.17. The zero-order chi connectivity index (χ0) is 12.8. The van der Waals surface area contributed by atoms with Crippen molar-refractivity contribution in [2.24, 2.45) is 0 Å². The molecule has 0 fully saturated rings. The maximum absolute atomic E-state index is 11.5. The van der Waals surface area contributed by atoms with Gasteiger partial charge in [-0.05, 0) is 30.9 Å². The molecule has 1 rings (SSSR count). The standard InChI is InChI=1S/C12H14O4S/c1-3-16-12(15)9-6-5-8(17-4-2)7-10(9)11(13)14/h5-7H,3-4H2,1-2H3,(H,13,14). The molecule has 0 atom stereocenters. The molecular formula is C12H14O4S. The minimum Gasteiger partial charge on any atom is -0.478 e. The lowest BCUT2D eigenvalue weighted by molar-refractivity contribution is 0.0514. The maximum Gasteiger partial charge on any atom is 0.338 e. The van der Waals surface area contributed by atoms with Gasteiger partial charge in [0.05, 0.1) is 17.7 Å². The molecule has 0 spiro atoms. The number of carboxylic acids is 1.